The van der Waals surface area contributed by atoms with E-state index in [1.807, 2.05) is 4.90 Å². The van der Waals surface area contributed by atoms with E-state index in [0.717, 1.165) is 0 Å². The molecule has 29 heavy (non-hydrogen) atoms. The molecule has 1 atom stereocenters. The van der Waals surface area contributed by atoms with Crippen molar-refractivity contribution in [2.75, 3.05) is 49.2 Å². The molecule has 0 aromatic heterocycles. The summed E-state index contributed by atoms with van der Waals surface area (Å²) in [6.45, 7) is 2.96. The van der Waals surface area contributed by atoms with E-state index in [0.29, 0.717) is 43.2 Å². The fraction of sp³-hybridized carbons (Fsp3) is 0.333. The first-order valence-electron chi connectivity index (χ1n) is 9.50. The fourth-order valence-electron chi connectivity index (χ4n) is 3.42. The van der Waals surface area contributed by atoms with E-state index in [4.69, 9.17) is 9.47 Å². The number of cyclic esters (lactones) is 1. The maximum absolute atomic E-state index is 14.6. The number of hydrogen-bond acceptors (Lipinski definition) is 6. The number of anilines is 2. The first kappa shape index (κ1) is 19.2. The van der Waals surface area contributed by atoms with Crippen LogP contribution in [0, 0.1) is 5.82 Å². The van der Waals surface area contributed by atoms with Gasteiger partial charge >= 0.3 is 6.09 Å². The summed E-state index contributed by atoms with van der Waals surface area (Å²) in [5.41, 5.74) is 1.56. The quantitative estimate of drug-likeness (QED) is 0.783. The van der Waals surface area contributed by atoms with Crippen LogP contribution in [0.3, 0.4) is 0 Å². The highest BCUT2D eigenvalue weighted by Gasteiger charge is 2.32. The minimum Gasteiger partial charge on any atom is -0.507 e. The van der Waals surface area contributed by atoms with E-state index in [1.165, 1.54) is 11.0 Å². The summed E-state index contributed by atoms with van der Waals surface area (Å²) in [7, 11) is 0. The highest BCUT2D eigenvalue weighted by Crippen LogP contribution is 2.28. The smallest absolute Gasteiger partial charge is 0.414 e. The molecule has 0 aliphatic carbocycles. The number of phenolic OH excluding ortho intramolecular Hbond substituents is 1. The van der Waals surface area contributed by atoms with Crippen molar-refractivity contribution in [3.8, 4) is 5.75 Å². The van der Waals surface area contributed by atoms with Gasteiger partial charge in [0.25, 0.3) is 0 Å². The summed E-state index contributed by atoms with van der Waals surface area (Å²) >= 11 is 0. The van der Waals surface area contributed by atoms with Crippen molar-refractivity contribution in [2.24, 2.45) is 4.99 Å². The molecular formula is C21H22FN3O4. The minimum absolute atomic E-state index is 0.136. The zero-order valence-electron chi connectivity index (χ0n) is 15.8. The Labute approximate surface area is 168 Å². The Morgan fingerprint density at radius 1 is 1.21 bits per heavy atom. The van der Waals surface area contributed by atoms with Gasteiger partial charge in [0, 0.05) is 24.9 Å². The minimum atomic E-state index is -0.522. The Morgan fingerprint density at radius 2 is 2.00 bits per heavy atom. The van der Waals surface area contributed by atoms with E-state index in [1.54, 1.807) is 42.6 Å². The average molecular weight is 399 g/mol. The number of carbonyl (C=O) groups is 1. The van der Waals surface area contributed by atoms with Gasteiger partial charge < -0.3 is 19.5 Å². The number of benzene rings is 2. The first-order valence-corrected chi connectivity index (χ1v) is 9.50. The van der Waals surface area contributed by atoms with E-state index < -0.39 is 12.2 Å². The molecule has 2 aromatic carbocycles. The van der Waals surface area contributed by atoms with Crippen LogP contribution in [-0.2, 0) is 9.47 Å². The largest absolute Gasteiger partial charge is 0.507 e. The number of morpholine rings is 1. The van der Waals surface area contributed by atoms with Gasteiger partial charge in [0.1, 0.15) is 17.7 Å². The molecule has 2 heterocycles. The molecule has 2 aliphatic heterocycles. The van der Waals surface area contributed by atoms with E-state index in [2.05, 4.69) is 4.99 Å². The average Bonchev–Trinajstić information content (AvgIpc) is 3.10. The standard InChI is InChI=1S/C21H22FN3O4/c22-18-11-16(5-6-19(18)24-7-9-28-10-8-24)25-14-17(29-21(25)27)13-23-12-15-3-1-2-4-20(15)26/h1-6,11-12,17,26H,7-10,13-14H2/b23-12-/t17-/m0/s1. The number of para-hydroxylation sites is 1. The summed E-state index contributed by atoms with van der Waals surface area (Å²) in [6.07, 6.45) is 0.584. The van der Waals surface area contributed by atoms with Gasteiger partial charge in [0.2, 0.25) is 0 Å². The van der Waals surface area contributed by atoms with E-state index in [-0.39, 0.29) is 24.7 Å². The Bertz CT molecular complexity index is 915. The molecule has 0 saturated carbocycles. The molecule has 2 saturated heterocycles. The van der Waals surface area contributed by atoms with Gasteiger partial charge in [0.15, 0.2) is 0 Å². The van der Waals surface area contributed by atoms with E-state index in [9.17, 15) is 14.3 Å². The van der Waals surface area contributed by atoms with Crippen LogP contribution < -0.4 is 9.80 Å². The third-order valence-corrected chi connectivity index (χ3v) is 4.94. The van der Waals surface area contributed by atoms with Crippen LogP contribution in [0.4, 0.5) is 20.6 Å². The van der Waals surface area contributed by atoms with Crippen LogP contribution in [0.1, 0.15) is 5.56 Å². The van der Waals surface area contributed by atoms with Crippen molar-refractivity contribution < 1.29 is 23.8 Å². The third-order valence-electron chi connectivity index (χ3n) is 4.94. The van der Waals surface area contributed by atoms with Gasteiger partial charge in [-0.15, -0.1) is 0 Å². The Morgan fingerprint density at radius 3 is 2.76 bits per heavy atom. The highest BCUT2D eigenvalue weighted by molar-refractivity contribution is 5.90. The van der Waals surface area contributed by atoms with Gasteiger partial charge in [0.05, 0.1) is 37.7 Å². The van der Waals surface area contributed by atoms with Crippen molar-refractivity contribution in [1.82, 2.24) is 0 Å². The lowest BCUT2D eigenvalue weighted by Gasteiger charge is -2.29. The predicted octanol–water partition coefficient (Wildman–Crippen LogP) is 2.81. The van der Waals surface area contributed by atoms with Crippen LogP contribution in [0.25, 0.3) is 0 Å². The number of amides is 1. The van der Waals surface area contributed by atoms with Crippen LogP contribution in [0.15, 0.2) is 47.5 Å². The van der Waals surface area contributed by atoms with Gasteiger partial charge in [-0.2, -0.15) is 0 Å². The van der Waals surface area contributed by atoms with Crippen LogP contribution in [0.5, 0.6) is 5.75 Å². The van der Waals surface area contributed by atoms with Crippen molar-refractivity contribution in [3.05, 3.63) is 53.8 Å². The normalized spacial score (nSPS) is 19.8. The predicted molar refractivity (Wildman–Crippen MR) is 108 cm³/mol. The summed E-state index contributed by atoms with van der Waals surface area (Å²) in [4.78, 5) is 19.8. The van der Waals surface area contributed by atoms with Crippen LogP contribution in [-0.4, -0.2) is 62.9 Å². The molecule has 0 spiro atoms. The molecule has 8 heteroatoms. The molecule has 2 fully saturated rings. The lowest BCUT2D eigenvalue weighted by molar-refractivity contribution is 0.122. The lowest BCUT2D eigenvalue weighted by Crippen LogP contribution is -2.36. The number of aromatic hydroxyl groups is 1. The van der Waals surface area contributed by atoms with Gasteiger partial charge in [-0.25, -0.2) is 9.18 Å². The number of rotatable bonds is 5. The van der Waals surface area contributed by atoms with E-state index >= 15 is 0 Å². The maximum atomic E-state index is 14.6. The Balaban J connectivity index is 1.40. The second-order valence-electron chi connectivity index (χ2n) is 6.90. The monoisotopic (exact) mass is 399 g/mol. The summed E-state index contributed by atoms with van der Waals surface area (Å²) in [5.74, 6) is -0.240. The number of ether oxygens (including phenoxy) is 2. The number of aliphatic imine (C=N–C) groups is 1. The van der Waals surface area contributed by atoms with Crippen molar-refractivity contribution in [2.45, 2.75) is 6.10 Å². The summed E-state index contributed by atoms with van der Waals surface area (Å²) < 4.78 is 25.3. The van der Waals surface area contributed by atoms with Crippen molar-refractivity contribution in [1.29, 1.82) is 0 Å². The second-order valence-corrected chi connectivity index (χ2v) is 6.90. The molecule has 1 N–H and O–H groups in total. The SMILES string of the molecule is O=C1O[C@@H](C/N=C\c2ccccc2O)CN1c1ccc(N2CCOCC2)c(F)c1. The fourth-order valence-corrected chi connectivity index (χ4v) is 3.42. The molecule has 1 amide bonds. The number of phenols is 1. The number of hydrogen-bond donors (Lipinski definition) is 1. The van der Waals surface area contributed by atoms with Crippen molar-refractivity contribution >= 4 is 23.7 Å². The third kappa shape index (κ3) is 4.32. The zero-order valence-corrected chi connectivity index (χ0v) is 15.8. The molecule has 0 unspecified atom stereocenters. The molecule has 4 rings (SSSR count). The Hall–Kier alpha value is -3.13. The van der Waals surface area contributed by atoms with Crippen molar-refractivity contribution in [3.63, 3.8) is 0 Å². The molecule has 2 aliphatic rings. The zero-order chi connectivity index (χ0) is 20.2. The second kappa shape index (κ2) is 8.48. The molecule has 7 nitrogen and oxygen atoms in total. The molecule has 0 bridgehead atoms. The first-order chi connectivity index (χ1) is 14.1. The van der Waals surface area contributed by atoms with Gasteiger partial charge in [-0.1, -0.05) is 12.1 Å². The van der Waals surface area contributed by atoms with Crippen LogP contribution >= 0.6 is 0 Å². The molecule has 152 valence electrons. The molecule has 0 radical (unpaired) electrons. The van der Waals surface area contributed by atoms with Crippen LogP contribution in [0.2, 0.25) is 0 Å². The number of nitrogens with zero attached hydrogens (tertiary/aromatic N) is 3. The summed E-state index contributed by atoms with van der Waals surface area (Å²) in [6, 6.07) is 11.6. The molecule has 2 aromatic rings. The maximum Gasteiger partial charge on any atom is 0.414 e. The summed E-state index contributed by atoms with van der Waals surface area (Å²) in [5, 5.41) is 9.75. The van der Waals surface area contributed by atoms with Gasteiger partial charge in [-0.3, -0.25) is 9.89 Å². The van der Waals surface area contributed by atoms with Gasteiger partial charge in [-0.05, 0) is 30.3 Å². The highest BCUT2D eigenvalue weighted by atomic mass is 19.1. The molecular weight excluding hydrogens is 377 g/mol. The topological polar surface area (TPSA) is 74.6 Å². The Kier molecular flexibility index (Phi) is 5.62. The lowest BCUT2D eigenvalue weighted by atomic mass is 10.2. The number of halogens is 1. The number of carbonyl (C=O) groups excluding carboxylic acids is 1.